The molecule has 1 heterocycles. The molecular weight excluding hydrogens is 256 g/mol. The first-order chi connectivity index (χ1) is 9.45. The van der Waals surface area contributed by atoms with Crippen molar-refractivity contribution in [3.63, 3.8) is 0 Å². The van der Waals surface area contributed by atoms with Gasteiger partial charge in [-0.05, 0) is 32.9 Å². The maximum absolute atomic E-state index is 12.5. The number of nitrogens with zero attached hydrogens (tertiary/aromatic N) is 1. The van der Waals surface area contributed by atoms with E-state index >= 15 is 0 Å². The Bertz CT molecular complexity index is 526. The third-order valence-electron chi connectivity index (χ3n) is 3.27. The molecule has 1 aromatic rings. The van der Waals surface area contributed by atoms with Gasteiger partial charge in [0.05, 0.1) is 24.4 Å². The van der Waals surface area contributed by atoms with Gasteiger partial charge in [-0.3, -0.25) is 9.59 Å². The van der Waals surface area contributed by atoms with Gasteiger partial charge in [-0.1, -0.05) is 12.1 Å². The zero-order valence-corrected chi connectivity index (χ0v) is 12.1. The fourth-order valence-electron chi connectivity index (χ4n) is 2.31. The largest absolute Gasteiger partial charge is 0.466 e. The lowest BCUT2D eigenvalue weighted by Gasteiger charge is -2.39. The molecule has 0 bridgehead atoms. The molecule has 5 nitrogen and oxygen atoms in total. The van der Waals surface area contributed by atoms with Crippen LogP contribution in [0.15, 0.2) is 24.3 Å². The summed E-state index contributed by atoms with van der Waals surface area (Å²) in [5.74, 6) is -0.324. The number of benzene rings is 1. The maximum Gasteiger partial charge on any atom is 0.307 e. The van der Waals surface area contributed by atoms with Crippen molar-refractivity contribution < 1.29 is 14.3 Å². The summed E-state index contributed by atoms with van der Waals surface area (Å²) in [6.45, 7) is 6.13. The molecule has 0 fully saturated rings. The molecule has 1 aliphatic heterocycles. The minimum atomic E-state index is -0.678. The fourth-order valence-corrected chi connectivity index (χ4v) is 2.31. The van der Waals surface area contributed by atoms with E-state index in [9.17, 15) is 9.59 Å². The highest BCUT2D eigenvalue weighted by atomic mass is 16.5. The Kier molecular flexibility index (Phi) is 3.97. The van der Waals surface area contributed by atoms with Crippen LogP contribution < -0.4 is 10.2 Å². The summed E-state index contributed by atoms with van der Waals surface area (Å²) in [6, 6.07) is 7.60. The van der Waals surface area contributed by atoms with Crippen molar-refractivity contribution in [2.45, 2.75) is 32.7 Å². The summed E-state index contributed by atoms with van der Waals surface area (Å²) in [5, 5.41) is 3.22. The van der Waals surface area contributed by atoms with E-state index in [-0.39, 0.29) is 18.3 Å². The number of para-hydroxylation sites is 2. The van der Waals surface area contributed by atoms with Crippen molar-refractivity contribution in [1.29, 1.82) is 0 Å². The van der Waals surface area contributed by atoms with Gasteiger partial charge in [0.1, 0.15) is 5.54 Å². The van der Waals surface area contributed by atoms with Gasteiger partial charge in [0.25, 0.3) is 5.91 Å². The van der Waals surface area contributed by atoms with Crippen LogP contribution in [0.5, 0.6) is 0 Å². The second-order valence-corrected chi connectivity index (χ2v) is 5.28. The summed E-state index contributed by atoms with van der Waals surface area (Å²) in [7, 11) is 0. The standard InChI is InChI=1S/C15H20N2O3/c1-4-20-13(18)9-10-17-12-8-6-5-7-11(12)16-15(2,3)14(17)19/h5-8,16H,4,9-10H2,1-3H3. The normalized spacial score (nSPS) is 16.4. The Morgan fingerprint density at radius 2 is 2.05 bits per heavy atom. The van der Waals surface area contributed by atoms with E-state index in [0.717, 1.165) is 11.4 Å². The topological polar surface area (TPSA) is 58.6 Å². The number of esters is 1. The molecule has 0 unspecified atom stereocenters. The van der Waals surface area contributed by atoms with Crippen LogP contribution in [0, 0.1) is 0 Å². The molecule has 0 saturated heterocycles. The molecule has 1 amide bonds. The van der Waals surface area contributed by atoms with Gasteiger partial charge in [-0.15, -0.1) is 0 Å². The van der Waals surface area contributed by atoms with Gasteiger partial charge in [0, 0.05) is 6.54 Å². The summed E-state index contributed by atoms with van der Waals surface area (Å²) in [5.41, 5.74) is 1.03. The number of rotatable bonds is 4. The summed E-state index contributed by atoms with van der Waals surface area (Å²) < 4.78 is 4.92. The van der Waals surface area contributed by atoms with Crippen molar-refractivity contribution in [3.05, 3.63) is 24.3 Å². The summed E-state index contributed by atoms with van der Waals surface area (Å²) >= 11 is 0. The van der Waals surface area contributed by atoms with Crippen molar-refractivity contribution in [1.82, 2.24) is 0 Å². The molecular formula is C15H20N2O3. The number of fused-ring (bicyclic) bond motifs is 1. The number of carbonyl (C=O) groups excluding carboxylic acids is 2. The van der Waals surface area contributed by atoms with Crippen LogP contribution in [0.2, 0.25) is 0 Å². The second kappa shape index (κ2) is 5.53. The van der Waals surface area contributed by atoms with Gasteiger partial charge in [-0.2, -0.15) is 0 Å². The van der Waals surface area contributed by atoms with Crippen LogP contribution in [-0.2, 0) is 14.3 Å². The first-order valence-corrected chi connectivity index (χ1v) is 6.80. The van der Waals surface area contributed by atoms with Gasteiger partial charge in [-0.25, -0.2) is 0 Å². The van der Waals surface area contributed by atoms with Crippen LogP contribution in [0.25, 0.3) is 0 Å². The molecule has 1 aromatic carbocycles. The first-order valence-electron chi connectivity index (χ1n) is 6.80. The molecule has 0 aromatic heterocycles. The van der Waals surface area contributed by atoms with E-state index in [1.54, 1.807) is 11.8 Å². The van der Waals surface area contributed by atoms with Gasteiger partial charge >= 0.3 is 5.97 Å². The lowest BCUT2D eigenvalue weighted by Crippen LogP contribution is -2.54. The molecule has 0 spiro atoms. The molecule has 0 aliphatic carbocycles. The Morgan fingerprint density at radius 3 is 2.75 bits per heavy atom. The van der Waals surface area contributed by atoms with Crippen LogP contribution in [0.1, 0.15) is 27.2 Å². The average Bonchev–Trinajstić information content (AvgIpc) is 2.39. The SMILES string of the molecule is CCOC(=O)CCN1C(=O)C(C)(C)Nc2ccccc21. The van der Waals surface area contributed by atoms with Crippen molar-refractivity contribution in [2.75, 3.05) is 23.4 Å². The van der Waals surface area contributed by atoms with E-state index < -0.39 is 5.54 Å². The Labute approximate surface area is 118 Å². The third kappa shape index (κ3) is 2.76. The minimum Gasteiger partial charge on any atom is -0.466 e. The lowest BCUT2D eigenvalue weighted by molar-refractivity contribution is -0.142. The molecule has 0 saturated carbocycles. The van der Waals surface area contributed by atoms with Crippen molar-refractivity contribution in [2.24, 2.45) is 0 Å². The number of hydrogen-bond acceptors (Lipinski definition) is 4. The molecule has 20 heavy (non-hydrogen) atoms. The molecule has 1 N–H and O–H groups in total. The highest BCUT2D eigenvalue weighted by Gasteiger charge is 2.38. The van der Waals surface area contributed by atoms with Gasteiger partial charge in [0.2, 0.25) is 0 Å². The molecule has 0 radical (unpaired) electrons. The highest BCUT2D eigenvalue weighted by molar-refractivity contribution is 6.07. The fraction of sp³-hybridized carbons (Fsp3) is 0.467. The lowest BCUT2D eigenvalue weighted by atomic mass is 9.98. The molecule has 0 atom stereocenters. The molecule has 5 heteroatoms. The summed E-state index contributed by atoms with van der Waals surface area (Å²) in [6.07, 6.45) is 0.198. The van der Waals surface area contributed by atoms with Gasteiger partial charge in [0.15, 0.2) is 0 Å². The van der Waals surface area contributed by atoms with Crippen LogP contribution in [0.3, 0.4) is 0 Å². The number of anilines is 2. The number of carbonyl (C=O) groups is 2. The number of ether oxygens (including phenoxy) is 1. The predicted octanol–water partition coefficient (Wildman–Crippen LogP) is 2.18. The van der Waals surface area contributed by atoms with Crippen LogP contribution in [0.4, 0.5) is 11.4 Å². The third-order valence-corrected chi connectivity index (χ3v) is 3.27. The Hall–Kier alpha value is -2.04. The predicted molar refractivity (Wildman–Crippen MR) is 77.7 cm³/mol. The second-order valence-electron chi connectivity index (χ2n) is 5.28. The molecule has 2 rings (SSSR count). The molecule has 1 aliphatic rings. The monoisotopic (exact) mass is 276 g/mol. The maximum atomic E-state index is 12.5. The Morgan fingerprint density at radius 1 is 1.35 bits per heavy atom. The van der Waals surface area contributed by atoms with E-state index in [1.807, 2.05) is 38.1 Å². The number of amides is 1. The van der Waals surface area contributed by atoms with E-state index in [1.165, 1.54) is 0 Å². The van der Waals surface area contributed by atoms with Crippen LogP contribution in [-0.4, -0.2) is 30.6 Å². The minimum absolute atomic E-state index is 0.0412. The van der Waals surface area contributed by atoms with E-state index in [2.05, 4.69) is 5.32 Å². The number of hydrogen-bond donors (Lipinski definition) is 1. The quantitative estimate of drug-likeness (QED) is 0.856. The zero-order valence-electron chi connectivity index (χ0n) is 12.1. The first kappa shape index (κ1) is 14.4. The summed E-state index contributed by atoms with van der Waals surface area (Å²) in [4.78, 5) is 25.6. The van der Waals surface area contributed by atoms with Crippen molar-refractivity contribution >= 4 is 23.3 Å². The highest BCUT2D eigenvalue weighted by Crippen LogP contribution is 2.34. The van der Waals surface area contributed by atoms with Crippen molar-refractivity contribution in [3.8, 4) is 0 Å². The van der Waals surface area contributed by atoms with Gasteiger partial charge < -0.3 is 15.0 Å². The zero-order chi connectivity index (χ0) is 14.8. The van der Waals surface area contributed by atoms with Crippen LogP contribution >= 0.6 is 0 Å². The average molecular weight is 276 g/mol. The number of nitrogens with one attached hydrogen (secondary N) is 1. The van der Waals surface area contributed by atoms with E-state index in [4.69, 9.17) is 4.74 Å². The van der Waals surface area contributed by atoms with E-state index in [0.29, 0.717) is 13.2 Å². The smallest absolute Gasteiger partial charge is 0.307 e. The Balaban J connectivity index is 2.21. The molecule has 108 valence electrons.